The molecule has 1 N–H and O–H groups in total. The Bertz CT molecular complexity index is 1540. The molecule has 1 amide bonds. The summed E-state index contributed by atoms with van der Waals surface area (Å²) in [6.45, 7) is 0. The second kappa shape index (κ2) is 9.55. The lowest BCUT2D eigenvalue weighted by Gasteiger charge is -2.24. The fourth-order valence-electron chi connectivity index (χ4n) is 4.35. The number of nitrogens with zero attached hydrogens (tertiary/aromatic N) is 2. The molecule has 0 bridgehead atoms. The number of Topliss-reactive ketones (excluding diaryl/α,β-unsaturated/α-hetero) is 1. The van der Waals surface area contributed by atoms with E-state index in [1.54, 1.807) is 42.5 Å². The average Bonchev–Trinajstić information content (AvgIpc) is 3.45. The van der Waals surface area contributed by atoms with E-state index in [0.29, 0.717) is 38.6 Å². The topological polar surface area (TPSA) is 98.2 Å². The summed E-state index contributed by atoms with van der Waals surface area (Å²) in [6, 6.07) is 14.7. The molecule has 37 heavy (non-hydrogen) atoms. The van der Waals surface area contributed by atoms with Gasteiger partial charge in [0.1, 0.15) is 11.6 Å². The summed E-state index contributed by atoms with van der Waals surface area (Å²) in [7, 11) is 4.36. The third-order valence-electron chi connectivity index (χ3n) is 6.04. The van der Waals surface area contributed by atoms with Crippen molar-refractivity contribution in [3.63, 3.8) is 0 Å². The molecule has 0 spiro atoms. The number of ketones is 1. The van der Waals surface area contributed by atoms with Gasteiger partial charge in [-0.3, -0.25) is 14.5 Å². The number of aromatic nitrogens is 1. The van der Waals surface area contributed by atoms with Crippen molar-refractivity contribution in [3.8, 4) is 17.2 Å². The first kappa shape index (κ1) is 24.3. The molecule has 1 aliphatic rings. The van der Waals surface area contributed by atoms with Crippen molar-refractivity contribution in [3.05, 3.63) is 83.2 Å². The number of ether oxygens (including phenoxy) is 3. The van der Waals surface area contributed by atoms with Crippen LogP contribution in [0.5, 0.6) is 17.2 Å². The first-order valence-electron chi connectivity index (χ1n) is 11.1. The number of hydrogen-bond donors (Lipinski definition) is 1. The first-order valence-corrected chi connectivity index (χ1v) is 11.9. The molecule has 0 aliphatic carbocycles. The normalized spacial score (nSPS) is 16.9. The predicted octanol–water partition coefficient (Wildman–Crippen LogP) is 5.09. The highest BCUT2D eigenvalue weighted by Gasteiger charge is 2.48. The molecule has 0 unspecified atom stereocenters. The fraction of sp³-hybridized carbons (Fsp3) is 0.148. The molecule has 4 aromatic rings. The van der Waals surface area contributed by atoms with Gasteiger partial charge in [-0.25, -0.2) is 9.37 Å². The summed E-state index contributed by atoms with van der Waals surface area (Å²) in [4.78, 5) is 32.6. The summed E-state index contributed by atoms with van der Waals surface area (Å²) < 4.78 is 30.8. The number of rotatable bonds is 6. The lowest BCUT2D eigenvalue weighted by molar-refractivity contribution is -0.132. The predicted molar refractivity (Wildman–Crippen MR) is 137 cm³/mol. The van der Waals surface area contributed by atoms with Crippen LogP contribution in [-0.4, -0.2) is 43.1 Å². The Hall–Kier alpha value is -4.44. The van der Waals surface area contributed by atoms with Crippen LogP contribution in [0.4, 0.5) is 9.52 Å². The monoisotopic (exact) mass is 520 g/mol. The molecule has 188 valence electrons. The quantitative estimate of drug-likeness (QED) is 0.215. The zero-order valence-corrected chi connectivity index (χ0v) is 20.8. The van der Waals surface area contributed by atoms with Crippen molar-refractivity contribution in [2.75, 3.05) is 26.2 Å². The van der Waals surface area contributed by atoms with Gasteiger partial charge in [0.15, 0.2) is 16.6 Å². The van der Waals surface area contributed by atoms with Crippen LogP contribution >= 0.6 is 11.3 Å². The summed E-state index contributed by atoms with van der Waals surface area (Å²) in [6.07, 6.45) is 0. The van der Waals surface area contributed by atoms with Gasteiger partial charge < -0.3 is 19.3 Å². The molecule has 1 saturated heterocycles. The van der Waals surface area contributed by atoms with Gasteiger partial charge in [-0.15, -0.1) is 0 Å². The van der Waals surface area contributed by atoms with E-state index in [4.69, 9.17) is 14.2 Å². The number of carbonyl (C=O) groups is 2. The van der Waals surface area contributed by atoms with Gasteiger partial charge >= 0.3 is 5.91 Å². The van der Waals surface area contributed by atoms with Crippen LogP contribution in [-0.2, 0) is 9.59 Å². The van der Waals surface area contributed by atoms with E-state index < -0.39 is 23.5 Å². The van der Waals surface area contributed by atoms with Crippen molar-refractivity contribution in [2.45, 2.75) is 6.04 Å². The van der Waals surface area contributed by atoms with Crippen molar-refractivity contribution in [1.82, 2.24) is 4.98 Å². The minimum absolute atomic E-state index is 0.129. The van der Waals surface area contributed by atoms with E-state index in [1.807, 2.05) is 0 Å². The summed E-state index contributed by atoms with van der Waals surface area (Å²) in [5.41, 5.74) is 1.12. The number of aliphatic hydroxyl groups excluding tert-OH is 1. The number of carbonyl (C=O) groups excluding carboxylic acids is 2. The zero-order valence-electron chi connectivity index (χ0n) is 20.0. The van der Waals surface area contributed by atoms with E-state index in [2.05, 4.69) is 4.98 Å². The van der Waals surface area contributed by atoms with Gasteiger partial charge in [0, 0.05) is 5.56 Å². The maximum atomic E-state index is 13.9. The van der Waals surface area contributed by atoms with Gasteiger partial charge in [0.25, 0.3) is 5.78 Å². The summed E-state index contributed by atoms with van der Waals surface area (Å²) in [5, 5.41) is 11.4. The highest BCUT2D eigenvalue weighted by Crippen LogP contribution is 2.48. The van der Waals surface area contributed by atoms with Crippen LogP contribution < -0.4 is 19.1 Å². The number of halogens is 1. The Balaban J connectivity index is 1.79. The molecule has 5 rings (SSSR count). The maximum Gasteiger partial charge on any atom is 0.301 e. The zero-order chi connectivity index (χ0) is 26.3. The molecule has 3 aromatic carbocycles. The number of methoxy groups -OCH3 is 3. The number of thiazole rings is 1. The van der Waals surface area contributed by atoms with Gasteiger partial charge in [0.2, 0.25) is 5.75 Å². The van der Waals surface area contributed by atoms with E-state index in [-0.39, 0.29) is 16.5 Å². The Morgan fingerprint density at radius 2 is 1.65 bits per heavy atom. The Labute approximate surface area is 215 Å². The second-order valence-electron chi connectivity index (χ2n) is 8.10. The third-order valence-corrected chi connectivity index (χ3v) is 7.06. The molecule has 1 aliphatic heterocycles. The lowest BCUT2D eigenvalue weighted by Crippen LogP contribution is -2.29. The first-order chi connectivity index (χ1) is 17.9. The molecule has 1 atom stereocenters. The number of anilines is 1. The molecular weight excluding hydrogens is 499 g/mol. The van der Waals surface area contributed by atoms with Gasteiger partial charge in [-0.05, 0) is 35.9 Å². The van der Waals surface area contributed by atoms with Crippen LogP contribution in [0.25, 0.3) is 16.0 Å². The Morgan fingerprint density at radius 3 is 2.27 bits per heavy atom. The highest BCUT2D eigenvalue weighted by atomic mass is 32.1. The summed E-state index contributed by atoms with van der Waals surface area (Å²) in [5.74, 6) is -1.63. The van der Waals surface area contributed by atoms with Crippen LogP contribution in [0.2, 0.25) is 0 Å². The van der Waals surface area contributed by atoms with Crippen molar-refractivity contribution >= 4 is 44.1 Å². The van der Waals surface area contributed by atoms with Crippen LogP contribution in [0, 0.1) is 5.82 Å². The molecule has 0 saturated carbocycles. The smallest absolute Gasteiger partial charge is 0.301 e. The lowest BCUT2D eigenvalue weighted by atomic mass is 9.95. The number of aliphatic hydroxyl groups is 1. The Morgan fingerprint density at radius 1 is 0.973 bits per heavy atom. The fourth-order valence-corrected chi connectivity index (χ4v) is 5.36. The number of fused-ring (bicyclic) bond motifs is 1. The standard InChI is InChI=1S/C27H21FN2O6S/c1-34-18-11-15(12-19(35-2)25(18)36-3)22-21(23(31)14-7-5-4-6-8-14)24(32)26(33)30(22)27-29-17-10-9-16(28)13-20(17)37-27/h4-13,22,31H,1-3H3/t22-/m0/s1. The SMILES string of the molecule is COc1cc([C@H]2C(=C(O)c3ccccc3)C(=O)C(=O)N2c2nc3ccc(F)cc3s2)cc(OC)c1OC. The van der Waals surface area contributed by atoms with Gasteiger partial charge in [-0.1, -0.05) is 41.7 Å². The third kappa shape index (κ3) is 4.05. The number of benzene rings is 3. The largest absolute Gasteiger partial charge is 0.507 e. The van der Waals surface area contributed by atoms with Crippen molar-refractivity contribution in [1.29, 1.82) is 0 Å². The molecule has 2 heterocycles. The van der Waals surface area contributed by atoms with Gasteiger partial charge in [-0.2, -0.15) is 0 Å². The molecule has 1 aromatic heterocycles. The van der Waals surface area contributed by atoms with Crippen molar-refractivity contribution < 1.29 is 33.3 Å². The van der Waals surface area contributed by atoms with E-state index in [9.17, 15) is 19.1 Å². The number of hydrogen-bond acceptors (Lipinski definition) is 8. The van der Waals surface area contributed by atoms with Crippen LogP contribution in [0.15, 0.2) is 66.2 Å². The molecule has 8 nitrogen and oxygen atoms in total. The minimum atomic E-state index is -1.08. The van der Waals surface area contributed by atoms with Gasteiger partial charge in [0.05, 0.1) is 43.2 Å². The molecular formula is C27H21FN2O6S. The Kier molecular flexibility index (Phi) is 6.26. The van der Waals surface area contributed by atoms with Crippen LogP contribution in [0.3, 0.4) is 0 Å². The highest BCUT2D eigenvalue weighted by molar-refractivity contribution is 7.22. The minimum Gasteiger partial charge on any atom is -0.507 e. The van der Waals surface area contributed by atoms with Crippen molar-refractivity contribution in [2.24, 2.45) is 0 Å². The van der Waals surface area contributed by atoms with E-state index in [1.165, 1.54) is 44.4 Å². The molecule has 1 fully saturated rings. The molecule has 10 heteroatoms. The van der Waals surface area contributed by atoms with E-state index in [0.717, 1.165) is 11.3 Å². The van der Waals surface area contributed by atoms with Crippen LogP contribution in [0.1, 0.15) is 17.2 Å². The second-order valence-corrected chi connectivity index (χ2v) is 9.11. The average molecular weight is 521 g/mol. The summed E-state index contributed by atoms with van der Waals surface area (Å²) >= 11 is 1.06. The van der Waals surface area contributed by atoms with E-state index >= 15 is 0 Å². The molecule has 0 radical (unpaired) electrons. The maximum absolute atomic E-state index is 13.9. The number of amides is 1.